The molecule has 0 aliphatic carbocycles. The van der Waals surface area contributed by atoms with Crippen molar-refractivity contribution in [3.05, 3.63) is 80.1 Å². The summed E-state index contributed by atoms with van der Waals surface area (Å²) in [5.74, 6) is 1.30. The van der Waals surface area contributed by atoms with Gasteiger partial charge in [-0.1, -0.05) is 23.8 Å². The summed E-state index contributed by atoms with van der Waals surface area (Å²) < 4.78 is 22.2. The first-order chi connectivity index (χ1) is 16.4. The third kappa shape index (κ3) is 3.17. The van der Waals surface area contributed by atoms with Crippen molar-refractivity contribution in [2.24, 2.45) is 14.1 Å². The standard InChI is InChI=1S/C26H27N3O5/c1-15-7-6-8-16(13-15)21-20-22(27(2)26(31)28(3)25(20)30)23-24(34-12-11-29(21)23)18-14-17(32-4)9-10-19(18)33-5/h6-10,13-14,24H,11-12H2,1-5H3/t24-/m1/s1. The van der Waals surface area contributed by atoms with Crippen LogP contribution in [-0.4, -0.2) is 34.5 Å². The molecule has 0 saturated heterocycles. The van der Waals surface area contributed by atoms with Gasteiger partial charge in [0.1, 0.15) is 17.6 Å². The lowest BCUT2D eigenvalue weighted by Gasteiger charge is -2.29. The molecular formula is C26H27N3O5. The Balaban J connectivity index is 1.94. The topological polar surface area (TPSA) is 76.6 Å². The highest BCUT2D eigenvalue weighted by molar-refractivity contribution is 5.96. The Morgan fingerprint density at radius 2 is 1.79 bits per heavy atom. The Bertz CT molecular complexity index is 1540. The van der Waals surface area contributed by atoms with E-state index >= 15 is 0 Å². The number of fused-ring (bicyclic) bond motifs is 3. The minimum atomic E-state index is -0.558. The number of benzene rings is 2. The maximum atomic E-state index is 13.5. The average molecular weight is 462 g/mol. The Morgan fingerprint density at radius 3 is 2.50 bits per heavy atom. The largest absolute Gasteiger partial charge is 0.497 e. The average Bonchev–Trinajstić information content (AvgIpc) is 3.21. The van der Waals surface area contributed by atoms with E-state index in [2.05, 4.69) is 10.6 Å². The van der Waals surface area contributed by atoms with E-state index in [1.54, 1.807) is 21.3 Å². The summed E-state index contributed by atoms with van der Waals surface area (Å²) in [6.45, 7) is 3.01. The molecule has 1 atom stereocenters. The highest BCUT2D eigenvalue weighted by atomic mass is 16.5. The molecule has 8 nitrogen and oxygen atoms in total. The second-order valence-corrected chi connectivity index (χ2v) is 8.54. The molecule has 0 spiro atoms. The van der Waals surface area contributed by atoms with Crippen LogP contribution in [-0.2, 0) is 25.4 Å². The lowest BCUT2D eigenvalue weighted by molar-refractivity contribution is 0.0462. The van der Waals surface area contributed by atoms with Crippen molar-refractivity contribution in [1.82, 2.24) is 13.7 Å². The van der Waals surface area contributed by atoms with E-state index in [-0.39, 0.29) is 11.2 Å². The van der Waals surface area contributed by atoms with Crippen LogP contribution < -0.4 is 20.7 Å². The maximum Gasteiger partial charge on any atom is 0.331 e. The summed E-state index contributed by atoms with van der Waals surface area (Å²) in [6.07, 6.45) is -0.558. The molecule has 8 heteroatoms. The number of nitrogens with zero attached hydrogens (tertiary/aromatic N) is 3. The van der Waals surface area contributed by atoms with Gasteiger partial charge in [0.05, 0.1) is 43.1 Å². The van der Waals surface area contributed by atoms with Crippen LogP contribution in [0.2, 0.25) is 0 Å². The SMILES string of the molecule is COc1ccc(OC)c([C@H]2OCCn3c(-c4cccc(C)c4)c4c(=O)n(C)c(=O)n(C)c4c32)c1. The second kappa shape index (κ2) is 8.22. The second-order valence-electron chi connectivity index (χ2n) is 8.54. The first-order valence-electron chi connectivity index (χ1n) is 11.1. The van der Waals surface area contributed by atoms with Crippen LogP contribution >= 0.6 is 0 Å². The molecule has 0 amide bonds. The van der Waals surface area contributed by atoms with E-state index < -0.39 is 6.10 Å². The van der Waals surface area contributed by atoms with Gasteiger partial charge in [0.15, 0.2) is 0 Å². The van der Waals surface area contributed by atoms with E-state index in [9.17, 15) is 9.59 Å². The van der Waals surface area contributed by atoms with E-state index in [1.165, 1.54) is 11.6 Å². The molecule has 0 radical (unpaired) electrons. The minimum Gasteiger partial charge on any atom is -0.497 e. The summed E-state index contributed by atoms with van der Waals surface area (Å²) in [6, 6.07) is 13.6. The van der Waals surface area contributed by atoms with Gasteiger partial charge < -0.3 is 18.8 Å². The fraction of sp³-hybridized carbons (Fsp3) is 0.308. The molecule has 0 saturated carbocycles. The molecule has 0 fully saturated rings. The molecule has 5 rings (SSSR count). The molecule has 4 aromatic rings. The van der Waals surface area contributed by atoms with Gasteiger partial charge in [-0.05, 0) is 36.8 Å². The van der Waals surface area contributed by atoms with Gasteiger partial charge in [0, 0.05) is 26.2 Å². The van der Waals surface area contributed by atoms with Gasteiger partial charge in [0.25, 0.3) is 5.56 Å². The molecule has 2 aromatic heterocycles. The van der Waals surface area contributed by atoms with Crippen LogP contribution in [0, 0.1) is 6.92 Å². The number of hydrogen-bond acceptors (Lipinski definition) is 5. The lowest BCUT2D eigenvalue weighted by atomic mass is 10.0. The number of aryl methyl sites for hydroxylation is 2. The van der Waals surface area contributed by atoms with Crippen molar-refractivity contribution in [2.45, 2.75) is 19.6 Å². The maximum absolute atomic E-state index is 13.5. The lowest BCUT2D eigenvalue weighted by Crippen LogP contribution is -2.37. The third-order valence-electron chi connectivity index (χ3n) is 6.56. The van der Waals surface area contributed by atoms with Crippen LogP contribution in [0.25, 0.3) is 22.2 Å². The number of hydrogen-bond donors (Lipinski definition) is 0. The fourth-order valence-electron chi connectivity index (χ4n) is 4.95. The van der Waals surface area contributed by atoms with Crippen LogP contribution in [0.4, 0.5) is 0 Å². The molecular weight excluding hydrogens is 434 g/mol. The van der Waals surface area contributed by atoms with Crippen LogP contribution in [0.15, 0.2) is 52.1 Å². The minimum absolute atomic E-state index is 0.326. The number of ether oxygens (including phenoxy) is 3. The number of rotatable bonds is 4. The molecule has 3 heterocycles. The van der Waals surface area contributed by atoms with Crippen molar-refractivity contribution >= 4 is 10.9 Å². The molecule has 2 aromatic carbocycles. The Hall–Kier alpha value is -3.78. The Kier molecular flexibility index (Phi) is 5.32. The number of methoxy groups -OCH3 is 2. The third-order valence-corrected chi connectivity index (χ3v) is 6.56. The van der Waals surface area contributed by atoms with Gasteiger partial charge in [0.2, 0.25) is 0 Å². The van der Waals surface area contributed by atoms with E-state index in [1.807, 2.05) is 43.3 Å². The first-order valence-corrected chi connectivity index (χ1v) is 11.1. The van der Waals surface area contributed by atoms with Gasteiger partial charge >= 0.3 is 5.69 Å². The highest BCUT2D eigenvalue weighted by Gasteiger charge is 2.34. The number of aromatic nitrogens is 3. The zero-order valence-corrected chi connectivity index (χ0v) is 19.9. The van der Waals surface area contributed by atoms with Crippen molar-refractivity contribution in [2.75, 3.05) is 20.8 Å². The van der Waals surface area contributed by atoms with Gasteiger partial charge in [-0.2, -0.15) is 0 Å². The van der Waals surface area contributed by atoms with Gasteiger partial charge in [-0.15, -0.1) is 0 Å². The Labute approximate surface area is 196 Å². The van der Waals surface area contributed by atoms with Crippen molar-refractivity contribution in [3.8, 4) is 22.8 Å². The molecule has 1 aliphatic rings. The summed E-state index contributed by atoms with van der Waals surface area (Å²) in [5, 5.41) is 0.502. The summed E-state index contributed by atoms with van der Waals surface area (Å²) in [7, 11) is 6.42. The zero-order valence-electron chi connectivity index (χ0n) is 19.9. The van der Waals surface area contributed by atoms with Crippen molar-refractivity contribution < 1.29 is 14.2 Å². The van der Waals surface area contributed by atoms with Gasteiger partial charge in [-0.3, -0.25) is 13.9 Å². The highest BCUT2D eigenvalue weighted by Crippen LogP contribution is 2.43. The predicted molar refractivity (Wildman–Crippen MR) is 130 cm³/mol. The monoisotopic (exact) mass is 461 g/mol. The summed E-state index contributed by atoms with van der Waals surface area (Å²) in [4.78, 5) is 26.5. The Morgan fingerprint density at radius 1 is 1.00 bits per heavy atom. The molecule has 34 heavy (non-hydrogen) atoms. The van der Waals surface area contributed by atoms with Crippen molar-refractivity contribution in [3.63, 3.8) is 0 Å². The molecule has 1 aliphatic heterocycles. The normalized spacial score (nSPS) is 15.4. The molecule has 176 valence electrons. The summed E-state index contributed by atoms with van der Waals surface area (Å²) >= 11 is 0. The molecule has 0 unspecified atom stereocenters. The summed E-state index contributed by atoms with van der Waals surface area (Å²) in [5.41, 5.74) is 4.18. The molecule has 0 bridgehead atoms. The first kappa shape index (κ1) is 22.0. The quantitative estimate of drug-likeness (QED) is 0.467. The van der Waals surface area contributed by atoms with Crippen LogP contribution in [0.3, 0.4) is 0 Å². The fourth-order valence-corrected chi connectivity index (χ4v) is 4.95. The predicted octanol–water partition coefficient (Wildman–Crippen LogP) is 3.15. The molecule has 0 N–H and O–H groups in total. The van der Waals surface area contributed by atoms with E-state index in [0.717, 1.165) is 32.6 Å². The van der Waals surface area contributed by atoms with Crippen LogP contribution in [0.1, 0.15) is 22.9 Å². The van der Waals surface area contributed by atoms with Crippen LogP contribution in [0.5, 0.6) is 11.5 Å². The van der Waals surface area contributed by atoms with E-state index in [0.29, 0.717) is 35.6 Å². The zero-order chi connectivity index (χ0) is 24.1. The van der Waals surface area contributed by atoms with Gasteiger partial charge in [-0.25, -0.2) is 4.79 Å². The smallest absolute Gasteiger partial charge is 0.331 e. The van der Waals surface area contributed by atoms with Crippen molar-refractivity contribution in [1.29, 1.82) is 0 Å². The van der Waals surface area contributed by atoms with E-state index in [4.69, 9.17) is 14.2 Å².